The number of halogens is 5. The van der Waals surface area contributed by atoms with E-state index < -0.39 is 22.9 Å². The minimum atomic E-state index is -5.66. The molecule has 0 radical (unpaired) electrons. The Bertz CT molecular complexity index is 826. The summed E-state index contributed by atoms with van der Waals surface area (Å²) in [6.45, 7) is 4.04. The SMILES string of the molecule is C[C@]12CCCCC1CC[C@@H]1[C@H]2CC[C@@]2(C)[C@H]1CCC2(c1conn1)C(F)(F)C(F)(F)F. The van der Waals surface area contributed by atoms with Crippen molar-refractivity contribution in [3.8, 4) is 0 Å². The lowest BCUT2D eigenvalue weighted by Gasteiger charge is -2.62. The lowest BCUT2D eigenvalue weighted by Crippen LogP contribution is -2.64. The first-order valence-corrected chi connectivity index (χ1v) is 11.7. The van der Waals surface area contributed by atoms with Crippen LogP contribution < -0.4 is 0 Å². The molecular weight excluding hydrogens is 415 g/mol. The van der Waals surface area contributed by atoms with Crippen molar-refractivity contribution in [3.05, 3.63) is 12.0 Å². The van der Waals surface area contributed by atoms with Crippen LogP contribution in [0, 0.1) is 34.5 Å². The van der Waals surface area contributed by atoms with E-state index in [2.05, 4.69) is 17.3 Å². The highest BCUT2D eigenvalue weighted by Gasteiger charge is 2.80. The van der Waals surface area contributed by atoms with Gasteiger partial charge in [-0.05, 0) is 85.9 Å². The van der Waals surface area contributed by atoms with Crippen LogP contribution in [-0.4, -0.2) is 22.5 Å². The fourth-order valence-corrected chi connectivity index (χ4v) is 9.02. The second-order valence-electron chi connectivity index (χ2n) is 11.2. The van der Waals surface area contributed by atoms with Crippen molar-refractivity contribution < 1.29 is 26.5 Å². The van der Waals surface area contributed by atoms with E-state index in [0.29, 0.717) is 31.1 Å². The van der Waals surface area contributed by atoms with Crippen LogP contribution in [0.3, 0.4) is 0 Å². The third kappa shape index (κ3) is 2.56. The molecule has 1 aromatic heterocycles. The number of aromatic nitrogens is 2. The molecule has 4 aliphatic rings. The monoisotopic (exact) mass is 446 g/mol. The summed E-state index contributed by atoms with van der Waals surface area (Å²) in [6.07, 6.45) is 3.29. The van der Waals surface area contributed by atoms with E-state index in [0.717, 1.165) is 25.5 Å². The van der Waals surface area contributed by atoms with Gasteiger partial charge in [-0.3, -0.25) is 0 Å². The van der Waals surface area contributed by atoms with Gasteiger partial charge < -0.3 is 4.52 Å². The van der Waals surface area contributed by atoms with Crippen molar-refractivity contribution in [2.45, 2.75) is 95.6 Å². The zero-order chi connectivity index (χ0) is 22.3. The Hall–Kier alpha value is -1.21. The molecule has 0 spiro atoms. The normalized spacial score (nSPS) is 45.6. The topological polar surface area (TPSA) is 38.9 Å². The third-order valence-corrected chi connectivity index (χ3v) is 10.5. The summed E-state index contributed by atoms with van der Waals surface area (Å²) in [5, 5.41) is 6.97. The van der Waals surface area contributed by atoms with E-state index in [-0.39, 0.29) is 29.4 Å². The molecule has 2 unspecified atom stereocenters. The summed E-state index contributed by atoms with van der Waals surface area (Å²) in [7, 11) is 0. The number of nitrogens with zero attached hydrogens (tertiary/aromatic N) is 2. The third-order valence-electron chi connectivity index (χ3n) is 10.5. The van der Waals surface area contributed by atoms with E-state index >= 15 is 8.78 Å². The van der Waals surface area contributed by atoms with Gasteiger partial charge in [0.05, 0.1) is 5.41 Å². The Balaban J connectivity index is 1.59. The molecule has 3 nitrogen and oxygen atoms in total. The zero-order valence-corrected chi connectivity index (χ0v) is 18.2. The second kappa shape index (κ2) is 6.66. The fraction of sp³-hybridized carbons (Fsp3) is 0.913. The van der Waals surface area contributed by atoms with E-state index in [1.165, 1.54) is 19.3 Å². The predicted octanol–water partition coefficient (Wildman–Crippen LogP) is 6.94. The van der Waals surface area contributed by atoms with Gasteiger partial charge in [0, 0.05) is 5.27 Å². The van der Waals surface area contributed by atoms with Crippen molar-refractivity contribution in [1.29, 1.82) is 0 Å². The molecule has 0 aromatic carbocycles. The molecule has 4 fully saturated rings. The van der Waals surface area contributed by atoms with Crippen LogP contribution in [0.25, 0.3) is 0 Å². The number of rotatable bonds is 2. The number of hydrogen-bond donors (Lipinski definition) is 0. The van der Waals surface area contributed by atoms with Crippen LogP contribution in [-0.2, 0) is 5.41 Å². The lowest BCUT2D eigenvalue weighted by atomic mass is 9.43. The maximum absolute atomic E-state index is 15.4. The minimum absolute atomic E-state index is 0.170. The molecular formula is C23H31F5N2O. The molecule has 0 bridgehead atoms. The van der Waals surface area contributed by atoms with Crippen LogP contribution in [0.2, 0.25) is 0 Å². The summed E-state index contributed by atoms with van der Waals surface area (Å²) >= 11 is 0. The summed E-state index contributed by atoms with van der Waals surface area (Å²) in [5.74, 6) is -3.80. The first-order chi connectivity index (χ1) is 14.5. The van der Waals surface area contributed by atoms with Gasteiger partial charge in [-0.1, -0.05) is 26.7 Å². The molecule has 5 rings (SSSR count). The van der Waals surface area contributed by atoms with Gasteiger partial charge in [-0.15, -0.1) is 5.10 Å². The quantitative estimate of drug-likeness (QED) is 0.462. The van der Waals surface area contributed by atoms with Gasteiger partial charge >= 0.3 is 12.1 Å². The minimum Gasteiger partial charge on any atom is -0.345 e. The van der Waals surface area contributed by atoms with Crippen molar-refractivity contribution in [2.24, 2.45) is 34.5 Å². The second-order valence-corrected chi connectivity index (χ2v) is 11.2. The highest BCUT2D eigenvalue weighted by Crippen LogP contribution is 2.74. The fourth-order valence-electron chi connectivity index (χ4n) is 9.02. The number of fused-ring (bicyclic) bond motifs is 5. The summed E-state index contributed by atoms with van der Waals surface area (Å²) < 4.78 is 77.0. The first kappa shape index (κ1) is 21.6. The Kier molecular flexibility index (Phi) is 4.64. The van der Waals surface area contributed by atoms with Crippen molar-refractivity contribution in [2.75, 3.05) is 0 Å². The van der Waals surface area contributed by atoms with Crippen LogP contribution >= 0.6 is 0 Å². The van der Waals surface area contributed by atoms with Gasteiger partial charge in [0.25, 0.3) is 0 Å². The van der Waals surface area contributed by atoms with E-state index in [1.807, 2.05) is 0 Å². The van der Waals surface area contributed by atoms with Gasteiger partial charge in [0.15, 0.2) is 0 Å². The van der Waals surface area contributed by atoms with Crippen LogP contribution in [0.1, 0.15) is 83.7 Å². The Morgan fingerprint density at radius 3 is 2.32 bits per heavy atom. The Labute approximate surface area is 179 Å². The molecule has 1 heterocycles. The van der Waals surface area contributed by atoms with Gasteiger partial charge in [-0.2, -0.15) is 22.0 Å². The van der Waals surface area contributed by atoms with Crippen molar-refractivity contribution in [1.82, 2.24) is 10.4 Å². The Morgan fingerprint density at radius 2 is 1.65 bits per heavy atom. The standard InChI is InChI=1S/C23H31F5N2O/c1-19-10-4-3-5-14(19)6-7-15-16(19)8-11-20(2)17(15)9-12-21(20,18-13-31-30-29-18)22(24,25)23(26,27)28/h13-17H,3-12H2,1-2H3/t14?,15-,16-,17+,19+,20+,21?/m1/s1. The maximum atomic E-state index is 15.4. The van der Waals surface area contributed by atoms with Gasteiger partial charge in [0.2, 0.25) is 0 Å². The first-order valence-electron chi connectivity index (χ1n) is 11.7. The molecule has 4 saturated carbocycles. The van der Waals surface area contributed by atoms with E-state index in [4.69, 9.17) is 4.52 Å². The molecule has 0 saturated heterocycles. The highest BCUT2D eigenvalue weighted by molar-refractivity contribution is 5.30. The van der Waals surface area contributed by atoms with E-state index in [1.54, 1.807) is 6.92 Å². The van der Waals surface area contributed by atoms with Crippen LogP contribution in [0.5, 0.6) is 0 Å². The van der Waals surface area contributed by atoms with Crippen molar-refractivity contribution >= 4 is 0 Å². The molecule has 0 amide bonds. The molecule has 4 aliphatic carbocycles. The molecule has 0 aliphatic heterocycles. The molecule has 174 valence electrons. The molecule has 31 heavy (non-hydrogen) atoms. The number of hydrogen-bond acceptors (Lipinski definition) is 3. The molecule has 1 aromatic rings. The largest absolute Gasteiger partial charge is 0.454 e. The van der Waals surface area contributed by atoms with E-state index in [9.17, 15) is 13.2 Å². The van der Waals surface area contributed by atoms with Gasteiger partial charge in [-0.25, -0.2) is 0 Å². The number of alkyl halides is 5. The maximum Gasteiger partial charge on any atom is 0.454 e. The molecule has 8 heteroatoms. The highest BCUT2D eigenvalue weighted by atomic mass is 19.4. The zero-order valence-electron chi connectivity index (χ0n) is 18.2. The Morgan fingerprint density at radius 1 is 0.903 bits per heavy atom. The van der Waals surface area contributed by atoms with Crippen LogP contribution in [0.15, 0.2) is 10.8 Å². The van der Waals surface area contributed by atoms with Crippen LogP contribution in [0.4, 0.5) is 22.0 Å². The average Bonchev–Trinajstić information content (AvgIpc) is 3.32. The molecule has 7 atom stereocenters. The summed E-state index contributed by atoms with van der Waals surface area (Å²) in [5.41, 5.74) is -3.78. The average molecular weight is 447 g/mol. The summed E-state index contributed by atoms with van der Waals surface area (Å²) in [4.78, 5) is 0. The summed E-state index contributed by atoms with van der Waals surface area (Å²) in [6, 6.07) is 0. The van der Waals surface area contributed by atoms with Gasteiger partial charge in [0.1, 0.15) is 12.0 Å². The van der Waals surface area contributed by atoms with Crippen molar-refractivity contribution in [3.63, 3.8) is 0 Å². The smallest absolute Gasteiger partial charge is 0.345 e. The lowest BCUT2D eigenvalue weighted by molar-refractivity contribution is -0.327. The predicted molar refractivity (Wildman–Crippen MR) is 103 cm³/mol. The molecule has 0 N–H and O–H groups in total.